The molecule has 76 valence electrons. The van der Waals surface area contributed by atoms with Crippen molar-refractivity contribution < 1.29 is 4.79 Å². The van der Waals surface area contributed by atoms with Gasteiger partial charge in [0.25, 0.3) is 0 Å². The van der Waals surface area contributed by atoms with Gasteiger partial charge in [0.15, 0.2) is 0 Å². The minimum atomic E-state index is -0.869. The quantitative estimate of drug-likeness (QED) is 0.755. The molecule has 2 N–H and O–H groups in total. The van der Waals surface area contributed by atoms with Crippen LogP contribution in [0.2, 0.25) is 0 Å². The number of carbonyl (C=O) groups is 1. The van der Waals surface area contributed by atoms with Crippen LogP contribution in [0.25, 0.3) is 0 Å². The van der Waals surface area contributed by atoms with Crippen molar-refractivity contribution in [2.45, 2.75) is 19.4 Å². The molecule has 0 aliphatic rings. The number of amides is 1. The lowest BCUT2D eigenvalue weighted by atomic mass is 10.1. The SMILES string of the molecule is CN(C(=O)C(C)(C)N)c1ccccn1. The Morgan fingerprint density at radius 2 is 2.14 bits per heavy atom. The lowest BCUT2D eigenvalue weighted by molar-refractivity contribution is -0.122. The Morgan fingerprint density at radius 3 is 2.57 bits per heavy atom. The van der Waals surface area contributed by atoms with E-state index >= 15 is 0 Å². The number of anilines is 1. The van der Waals surface area contributed by atoms with Gasteiger partial charge in [-0.15, -0.1) is 0 Å². The van der Waals surface area contributed by atoms with E-state index in [2.05, 4.69) is 4.98 Å². The van der Waals surface area contributed by atoms with Crippen molar-refractivity contribution in [2.75, 3.05) is 11.9 Å². The standard InChI is InChI=1S/C10H15N3O/c1-10(2,11)9(14)13(3)8-6-4-5-7-12-8/h4-7H,11H2,1-3H3. The lowest BCUT2D eigenvalue weighted by Gasteiger charge is -2.24. The summed E-state index contributed by atoms with van der Waals surface area (Å²) in [6.07, 6.45) is 1.64. The van der Waals surface area contributed by atoms with E-state index in [1.165, 1.54) is 4.90 Å². The molecule has 4 heteroatoms. The predicted molar refractivity (Wildman–Crippen MR) is 55.9 cm³/mol. The first-order chi connectivity index (χ1) is 6.43. The summed E-state index contributed by atoms with van der Waals surface area (Å²) in [5, 5.41) is 0. The Morgan fingerprint density at radius 1 is 1.50 bits per heavy atom. The number of rotatable bonds is 2. The molecular formula is C10H15N3O. The van der Waals surface area contributed by atoms with Crippen LogP contribution in [-0.4, -0.2) is 23.5 Å². The second kappa shape index (κ2) is 3.75. The smallest absolute Gasteiger partial charge is 0.247 e. The van der Waals surface area contributed by atoms with Gasteiger partial charge >= 0.3 is 0 Å². The third-order valence-corrected chi connectivity index (χ3v) is 1.85. The van der Waals surface area contributed by atoms with Gasteiger partial charge < -0.3 is 5.73 Å². The summed E-state index contributed by atoms with van der Waals surface area (Å²) in [6, 6.07) is 5.40. The largest absolute Gasteiger partial charge is 0.318 e. The van der Waals surface area contributed by atoms with Gasteiger partial charge in [0.1, 0.15) is 5.82 Å². The average Bonchev–Trinajstić information content (AvgIpc) is 2.15. The van der Waals surface area contributed by atoms with Crippen molar-refractivity contribution in [3.05, 3.63) is 24.4 Å². The molecule has 0 fully saturated rings. The lowest BCUT2D eigenvalue weighted by Crippen LogP contribution is -2.50. The minimum absolute atomic E-state index is 0.156. The zero-order valence-corrected chi connectivity index (χ0v) is 8.69. The topological polar surface area (TPSA) is 59.2 Å². The summed E-state index contributed by atoms with van der Waals surface area (Å²) in [7, 11) is 1.67. The van der Waals surface area contributed by atoms with Gasteiger partial charge in [-0.05, 0) is 26.0 Å². The molecule has 0 unspecified atom stereocenters. The molecule has 0 aliphatic carbocycles. The summed E-state index contributed by atoms with van der Waals surface area (Å²) in [4.78, 5) is 17.2. The maximum Gasteiger partial charge on any atom is 0.247 e. The molecule has 0 radical (unpaired) electrons. The molecule has 0 saturated heterocycles. The van der Waals surface area contributed by atoms with Gasteiger partial charge in [-0.2, -0.15) is 0 Å². The molecule has 0 bridgehead atoms. The number of aromatic nitrogens is 1. The fraction of sp³-hybridized carbons (Fsp3) is 0.400. The van der Waals surface area contributed by atoms with E-state index in [4.69, 9.17) is 5.73 Å². The van der Waals surface area contributed by atoms with E-state index in [0.717, 1.165) is 0 Å². The molecule has 0 atom stereocenters. The van der Waals surface area contributed by atoms with Crippen molar-refractivity contribution in [1.29, 1.82) is 0 Å². The molecule has 1 aromatic heterocycles. The molecule has 1 amide bonds. The molecule has 0 aromatic carbocycles. The Kier molecular flexibility index (Phi) is 2.86. The summed E-state index contributed by atoms with van der Waals surface area (Å²) in [5.74, 6) is 0.451. The molecular weight excluding hydrogens is 178 g/mol. The first kappa shape index (κ1) is 10.7. The number of nitrogens with two attached hydrogens (primary N) is 1. The summed E-state index contributed by atoms with van der Waals surface area (Å²) < 4.78 is 0. The van der Waals surface area contributed by atoms with Crippen molar-refractivity contribution in [2.24, 2.45) is 5.73 Å². The number of hydrogen-bond donors (Lipinski definition) is 1. The van der Waals surface area contributed by atoms with Crippen LogP contribution in [0.4, 0.5) is 5.82 Å². The van der Waals surface area contributed by atoms with Crippen molar-refractivity contribution in [3.63, 3.8) is 0 Å². The first-order valence-corrected chi connectivity index (χ1v) is 4.41. The molecule has 0 spiro atoms. The fourth-order valence-corrected chi connectivity index (χ4v) is 1.09. The highest BCUT2D eigenvalue weighted by Gasteiger charge is 2.26. The normalized spacial score (nSPS) is 11.1. The summed E-state index contributed by atoms with van der Waals surface area (Å²) >= 11 is 0. The number of likely N-dealkylation sites (N-methyl/N-ethyl adjacent to an activating group) is 1. The predicted octanol–water partition coefficient (Wildman–Crippen LogP) is 0.782. The highest BCUT2D eigenvalue weighted by Crippen LogP contribution is 2.11. The third-order valence-electron chi connectivity index (χ3n) is 1.85. The van der Waals surface area contributed by atoms with Crippen LogP contribution in [-0.2, 0) is 4.79 Å². The first-order valence-electron chi connectivity index (χ1n) is 4.41. The van der Waals surface area contributed by atoms with E-state index in [-0.39, 0.29) is 5.91 Å². The Bertz CT molecular complexity index is 316. The average molecular weight is 193 g/mol. The van der Waals surface area contributed by atoms with Gasteiger partial charge in [0.05, 0.1) is 5.54 Å². The maximum atomic E-state index is 11.7. The number of pyridine rings is 1. The van der Waals surface area contributed by atoms with E-state index in [0.29, 0.717) is 5.82 Å². The maximum absolute atomic E-state index is 11.7. The Hall–Kier alpha value is -1.42. The molecule has 0 saturated carbocycles. The van der Waals surface area contributed by atoms with E-state index < -0.39 is 5.54 Å². The van der Waals surface area contributed by atoms with Gasteiger partial charge in [-0.3, -0.25) is 9.69 Å². The second-order valence-corrected chi connectivity index (χ2v) is 3.77. The number of hydrogen-bond acceptors (Lipinski definition) is 3. The molecule has 1 heterocycles. The van der Waals surface area contributed by atoms with Crippen molar-refractivity contribution >= 4 is 11.7 Å². The van der Waals surface area contributed by atoms with E-state index in [1.807, 2.05) is 6.07 Å². The molecule has 0 aliphatic heterocycles. The summed E-state index contributed by atoms with van der Waals surface area (Å²) in [5.41, 5.74) is 4.83. The molecule has 1 rings (SSSR count). The third kappa shape index (κ3) is 2.29. The Labute approximate surface area is 83.7 Å². The van der Waals surface area contributed by atoms with Crippen LogP contribution in [0.1, 0.15) is 13.8 Å². The minimum Gasteiger partial charge on any atom is -0.318 e. The second-order valence-electron chi connectivity index (χ2n) is 3.77. The van der Waals surface area contributed by atoms with Crippen LogP contribution in [0.15, 0.2) is 24.4 Å². The van der Waals surface area contributed by atoms with Crippen molar-refractivity contribution in [1.82, 2.24) is 4.98 Å². The number of nitrogens with zero attached hydrogens (tertiary/aromatic N) is 2. The number of carbonyl (C=O) groups excluding carboxylic acids is 1. The molecule has 4 nitrogen and oxygen atoms in total. The van der Waals surface area contributed by atoms with E-state index in [9.17, 15) is 4.79 Å². The van der Waals surface area contributed by atoms with Crippen LogP contribution in [0, 0.1) is 0 Å². The zero-order chi connectivity index (χ0) is 10.8. The molecule has 1 aromatic rings. The highest BCUT2D eigenvalue weighted by molar-refractivity contribution is 5.98. The monoisotopic (exact) mass is 193 g/mol. The highest BCUT2D eigenvalue weighted by atomic mass is 16.2. The van der Waals surface area contributed by atoms with Crippen molar-refractivity contribution in [3.8, 4) is 0 Å². The van der Waals surface area contributed by atoms with Crippen LogP contribution < -0.4 is 10.6 Å². The van der Waals surface area contributed by atoms with Crippen LogP contribution in [0.3, 0.4) is 0 Å². The van der Waals surface area contributed by atoms with Gasteiger partial charge in [-0.25, -0.2) is 4.98 Å². The van der Waals surface area contributed by atoms with E-state index in [1.54, 1.807) is 39.2 Å². The van der Waals surface area contributed by atoms with Crippen LogP contribution >= 0.6 is 0 Å². The molecule has 14 heavy (non-hydrogen) atoms. The van der Waals surface area contributed by atoms with Gasteiger partial charge in [0.2, 0.25) is 5.91 Å². The van der Waals surface area contributed by atoms with Crippen LogP contribution in [0.5, 0.6) is 0 Å². The Balaban J connectivity index is 2.87. The zero-order valence-electron chi connectivity index (χ0n) is 8.69. The van der Waals surface area contributed by atoms with Gasteiger partial charge in [-0.1, -0.05) is 6.07 Å². The summed E-state index contributed by atoms with van der Waals surface area (Å²) in [6.45, 7) is 3.35. The van der Waals surface area contributed by atoms with Gasteiger partial charge in [0, 0.05) is 13.2 Å². The fourth-order valence-electron chi connectivity index (χ4n) is 1.09.